The van der Waals surface area contributed by atoms with Crippen molar-refractivity contribution in [2.75, 3.05) is 6.61 Å². The molecule has 0 saturated heterocycles. The number of hydrogen-bond donors (Lipinski definition) is 0. The standard InChI is InChI=1S/C30H35NO2/c32-29(19-17-25-7-6-20-31-21-25)18-16-24-12-14-26(15-13-24)22-33-23-28-10-4-5-11-30(28)27-8-2-1-3-9-27/h1-11,20-21,24,26H,12-19,22-23H2. The molecule has 172 valence electrons. The van der Waals surface area contributed by atoms with E-state index in [1.807, 2.05) is 18.3 Å². The van der Waals surface area contributed by atoms with Crippen LogP contribution in [0.1, 0.15) is 56.1 Å². The van der Waals surface area contributed by atoms with Crippen molar-refractivity contribution >= 4 is 5.78 Å². The van der Waals surface area contributed by atoms with Crippen LogP contribution in [0.4, 0.5) is 0 Å². The van der Waals surface area contributed by atoms with Crippen LogP contribution in [0.3, 0.4) is 0 Å². The lowest BCUT2D eigenvalue weighted by atomic mass is 9.80. The monoisotopic (exact) mass is 441 g/mol. The number of carbonyl (C=O) groups excluding carboxylic acids is 1. The van der Waals surface area contributed by atoms with Gasteiger partial charge in [-0.2, -0.15) is 0 Å². The van der Waals surface area contributed by atoms with E-state index in [1.54, 1.807) is 6.20 Å². The van der Waals surface area contributed by atoms with Gasteiger partial charge >= 0.3 is 0 Å². The van der Waals surface area contributed by atoms with Crippen LogP contribution in [0.25, 0.3) is 11.1 Å². The van der Waals surface area contributed by atoms with Gasteiger partial charge in [0.05, 0.1) is 6.61 Å². The summed E-state index contributed by atoms with van der Waals surface area (Å²) >= 11 is 0. The van der Waals surface area contributed by atoms with E-state index in [0.29, 0.717) is 30.6 Å². The summed E-state index contributed by atoms with van der Waals surface area (Å²) in [6, 6.07) is 23.0. The summed E-state index contributed by atoms with van der Waals surface area (Å²) in [6.07, 6.45) is 11.7. The highest BCUT2D eigenvalue weighted by atomic mass is 16.5. The van der Waals surface area contributed by atoms with Crippen molar-refractivity contribution in [1.29, 1.82) is 0 Å². The molecule has 3 nitrogen and oxygen atoms in total. The molecule has 0 bridgehead atoms. The Bertz CT molecular complexity index is 978. The van der Waals surface area contributed by atoms with E-state index in [1.165, 1.54) is 42.4 Å². The molecule has 1 aliphatic rings. The molecule has 0 aliphatic heterocycles. The number of carbonyl (C=O) groups is 1. The second kappa shape index (κ2) is 12.5. The van der Waals surface area contributed by atoms with E-state index in [0.717, 1.165) is 31.4 Å². The Morgan fingerprint density at radius 1 is 0.848 bits per heavy atom. The van der Waals surface area contributed by atoms with Crippen LogP contribution < -0.4 is 0 Å². The van der Waals surface area contributed by atoms with Gasteiger partial charge in [-0.3, -0.25) is 9.78 Å². The molecule has 2 aromatic carbocycles. The first-order valence-corrected chi connectivity index (χ1v) is 12.4. The highest BCUT2D eigenvalue weighted by Gasteiger charge is 2.22. The molecule has 0 atom stereocenters. The maximum Gasteiger partial charge on any atom is 0.133 e. The Labute approximate surface area is 198 Å². The van der Waals surface area contributed by atoms with Gasteiger partial charge in [0.1, 0.15) is 5.78 Å². The van der Waals surface area contributed by atoms with E-state index < -0.39 is 0 Å². The first-order chi connectivity index (χ1) is 16.3. The van der Waals surface area contributed by atoms with Crippen LogP contribution in [0.15, 0.2) is 79.1 Å². The minimum atomic E-state index is 0.390. The zero-order chi connectivity index (χ0) is 22.7. The van der Waals surface area contributed by atoms with Gasteiger partial charge in [-0.15, -0.1) is 0 Å². The predicted octanol–water partition coefficient (Wildman–Crippen LogP) is 7.05. The molecule has 1 heterocycles. The number of pyridine rings is 1. The summed E-state index contributed by atoms with van der Waals surface area (Å²) in [5.41, 5.74) is 4.90. The highest BCUT2D eigenvalue weighted by Crippen LogP contribution is 2.32. The van der Waals surface area contributed by atoms with Gasteiger partial charge in [-0.1, -0.05) is 73.5 Å². The van der Waals surface area contributed by atoms with Gasteiger partial charge in [0.15, 0.2) is 0 Å². The number of aryl methyl sites for hydroxylation is 1. The minimum absolute atomic E-state index is 0.390. The largest absolute Gasteiger partial charge is 0.376 e. The summed E-state index contributed by atoms with van der Waals surface area (Å²) in [6.45, 7) is 1.50. The summed E-state index contributed by atoms with van der Waals surface area (Å²) in [4.78, 5) is 16.4. The Morgan fingerprint density at radius 3 is 2.39 bits per heavy atom. The maximum atomic E-state index is 12.3. The average molecular weight is 442 g/mol. The van der Waals surface area contributed by atoms with Gasteiger partial charge < -0.3 is 4.74 Å². The van der Waals surface area contributed by atoms with Gasteiger partial charge in [-0.25, -0.2) is 0 Å². The van der Waals surface area contributed by atoms with Crippen molar-refractivity contribution in [2.45, 2.75) is 58.0 Å². The fourth-order valence-electron chi connectivity index (χ4n) is 4.89. The molecule has 1 saturated carbocycles. The number of Topliss-reactive ketones (excluding diaryl/α,β-unsaturated/α-hetero) is 1. The van der Waals surface area contributed by atoms with Crippen LogP contribution in [0.2, 0.25) is 0 Å². The summed E-state index contributed by atoms with van der Waals surface area (Å²) in [5.74, 6) is 1.73. The van der Waals surface area contributed by atoms with Crippen LogP contribution in [-0.4, -0.2) is 17.4 Å². The van der Waals surface area contributed by atoms with E-state index in [4.69, 9.17) is 4.74 Å². The third-order valence-electron chi connectivity index (χ3n) is 6.93. The molecule has 4 rings (SSSR count). The lowest BCUT2D eigenvalue weighted by Crippen LogP contribution is -2.19. The Kier molecular flexibility index (Phi) is 8.83. The molecule has 0 N–H and O–H groups in total. The molecule has 0 unspecified atom stereocenters. The van der Waals surface area contributed by atoms with Gasteiger partial charge in [0.2, 0.25) is 0 Å². The van der Waals surface area contributed by atoms with Gasteiger partial charge in [-0.05, 0) is 65.8 Å². The number of hydrogen-bond acceptors (Lipinski definition) is 3. The first-order valence-electron chi connectivity index (χ1n) is 12.4. The van der Waals surface area contributed by atoms with Gasteiger partial charge in [0, 0.05) is 31.8 Å². The molecule has 0 amide bonds. The minimum Gasteiger partial charge on any atom is -0.376 e. The summed E-state index contributed by atoms with van der Waals surface area (Å²) in [5, 5.41) is 0. The Morgan fingerprint density at radius 2 is 1.61 bits per heavy atom. The number of ether oxygens (including phenoxy) is 1. The number of benzene rings is 2. The molecular formula is C30H35NO2. The van der Waals surface area contributed by atoms with Crippen molar-refractivity contribution in [1.82, 2.24) is 4.98 Å². The predicted molar refractivity (Wildman–Crippen MR) is 134 cm³/mol. The molecule has 1 aliphatic carbocycles. The molecule has 33 heavy (non-hydrogen) atoms. The molecule has 1 aromatic heterocycles. The third kappa shape index (κ3) is 7.36. The fraction of sp³-hybridized carbons (Fsp3) is 0.400. The maximum absolute atomic E-state index is 12.3. The van der Waals surface area contributed by atoms with Crippen molar-refractivity contribution < 1.29 is 9.53 Å². The van der Waals surface area contributed by atoms with Crippen molar-refractivity contribution in [3.05, 3.63) is 90.3 Å². The Hall–Kier alpha value is -2.78. The number of nitrogens with zero attached hydrogens (tertiary/aromatic N) is 1. The SMILES string of the molecule is O=C(CCc1cccnc1)CCC1CCC(COCc2ccccc2-c2ccccc2)CC1. The highest BCUT2D eigenvalue weighted by molar-refractivity contribution is 5.78. The third-order valence-corrected chi connectivity index (χ3v) is 6.93. The first kappa shape index (κ1) is 23.4. The zero-order valence-corrected chi connectivity index (χ0v) is 19.5. The molecule has 3 heteroatoms. The quantitative estimate of drug-likeness (QED) is 0.320. The van der Waals surface area contributed by atoms with Crippen molar-refractivity contribution in [2.24, 2.45) is 11.8 Å². The van der Waals surface area contributed by atoms with E-state index in [2.05, 4.69) is 59.6 Å². The lowest BCUT2D eigenvalue weighted by molar-refractivity contribution is -0.119. The van der Waals surface area contributed by atoms with Crippen molar-refractivity contribution in [3.8, 4) is 11.1 Å². The van der Waals surface area contributed by atoms with Crippen molar-refractivity contribution in [3.63, 3.8) is 0 Å². The number of aromatic nitrogens is 1. The lowest BCUT2D eigenvalue weighted by Gasteiger charge is -2.28. The smallest absolute Gasteiger partial charge is 0.133 e. The average Bonchev–Trinajstić information content (AvgIpc) is 2.88. The van der Waals surface area contributed by atoms with Crippen LogP contribution in [-0.2, 0) is 22.6 Å². The zero-order valence-electron chi connectivity index (χ0n) is 19.5. The fourth-order valence-corrected chi connectivity index (χ4v) is 4.89. The Balaban J connectivity index is 1.13. The number of ketones is 1. The van der Waals surface area contributed by atoms with E-state index in [-0.39, 0.29) is 0 Å². The topological polar surface area (TPSA) is 39.2 Å². The summed E-state index contributed by atoms with van der Waals surface area (Å²) in [7, 11) is 0. The summed E-state index contributed by atoms with van der Waals surface area (Å²) < 4.78 is 6.17. The normalized spacial score (nSPS) is 18.2. The molecule has 0 spiro atoms. The van der Waals surface area contributed by atoms with Crippen LogP contribution >= 0.6 is 0 Å². The molecular weight excluding hydrogens is 406 g/mol. The second-order valence-corrected chi connectivity index (χ2v) is 9.36. The van der Waals surface area contributed by atoms with Crippen LogP contribution in [0.5, 0.6) is 0 Å². The molecule has 1 fully saturated rings. The number of rotatable bonds is 11. The van der Waals surface area contributed by atoms with E-state index >= 15 is 0 Å². The van der Waals surface area contributed by atoms with Gasteiger partial charge in [0.25, 0.3) is 0 Å². The molecule has 3 aromatic rings. The van der Waals surface area contributed by atoms with E-state index in [9.17, 15) is 4.79 Å². The van der Waals surface area contributed by atoms with Crippen LogP contribution in [0, 0.1) is 11.8 Å². The second-order valence-electron chi connectivity index (χ2n) is 9.36. The molecule has 0 radical (unpaired) electrons.